The summed E-state index contributed by atoms with van der Waals surface area (Å²) in [6.45, 7) is 6.21. The largest absolute Gasteiger partial charge is 0.446 e. The molecule has 0 radical (unpaired) electrons. The molecule has 0 fully saturated rings. The Labute approximate surface area is 174 Å². The molecule has 0 saturated carbocycles. The van der Waals surface area contributed by atoms with Gasteiger partial charge in [-0.15, -0.1) is 0 Å². The molecule has 1 amide bonds. The number of rotatable bonds is 4. The minimum absolute atomic E-state index is 0.0515. The van der Waals surface area contributed by atoms with Crippen LogP contribution in [0, 0.1) is 5.41 Å². The van der Waals surface area contributed by atoms with Crippen LogP contribution < -0.4 is 5.73 Å². The number of ether oxygens (including phenoxy) is 1. The number of nitrogens with zero attached hydrogens (tertiary/aromatic N) is 1. The number of carbonyl (C=O) groups is 1. The highest BCUT2D eigenvalue weighted by atomic mass is 19.4. The molecule has 0 aliphatic heterocycles. The number of nitrogens with two attached hydrogens (primary N) is 1. The summed E-state index contributed by atoms with van der Waals surface area (Å²) in [5.41, 5.74) is 7.61. The number of amides is 1. The molecular formula is C23H27F3N2O2. The van der Waals surface area contributed by atoms with Crippen LogP contribution in [-0.2, 0) is 17.3 Å². The molecule has 7 heteroatoms. The summed E-state index contributed by atoms with van der Waals surface area (Å²) < 4.78 is 45.0. The Hall–Kier alpha value is -2.57. The monoisotopic (exact) mass is 420 g/mol. The molecule has 2 atom stereocenters. The number of alkyl halides is 3. The quantitative estimate of drug-likeness (QED) is 0.651. The first kappa shape index (κ1) is 22.1. The van der Waals surface area contributed by atoms with E-state index in [0.29, 0.717) is 12.0 Å². The van der Waals surface area contributed by atoms with Gasteiger partial charge in [-0.05, 0) is 65.5 Å². The average molecular weight is 420 g/mol. The molecule has 2 aromatic rings. The maximum Gasteiger partial charge on any atom is 0.433 e. The van der Waals surface area contributed by atoms with E-state index in [9.17, 15) is 18.0 Å². The molecular weight excluding hydrogens is 393 g/mol. The maximum absolute atomic E-state index is 13.1. The molecule has 0 saturated heterocycles. The number of primary amides is 1. The van der Waals surface area contributed by atoms with Gasteiger partial charge in [-0.3, -0.25) is 4.98 Å². The van der Waals surface area contributed by atoms with Gasteiger partial charge >= 0.3 is 12.3 Å². The predicted octanol–water partition coefficient (Wildman–Crippen LogP) is 6.09. The van der Waals surface area contributed by atoms with Crippen molar-refractivity contribution in [2.45, 2.75) is 64.7 Å². The Morgan fingerprint density at radius 2 is 2.00 bits per heavy atom. The van der Waals surface area contributed by atoms with Crippen LogP contribution in [-0.4, -0.2) is 17.2 Å². The lowest BCUT2D eigenvalue weighted by atomic mass is 9.74. The van der Waals surface area contributed by atoms with Gasteiger partial charge in [-0.1, -0.05) is 39.0 Å². The first-order valence-corrected chi connectivity index (χ1v) is 10.1. The Kier molecular flexibility index (Phi) is 6.11. The number of benzene rings is 1. The van der Waals surface area contributed by atoms with E-state index in [2.05, 4.69) is 25.8 Å². The molecule has 1 aliphatic rings. The van der Waals surface area contributed by atoms with Gasteiger partial charge in [0.25, 0.3) is 0 Å². The summed E-state index contributed by atoms with van der Waals surface area (Å²) in [7, 11) is 0. The number of hydrogen-bond acceptors (Lipinski definition) is 3. The van der Waals surface area contributed by atoms with E-state index in [1.54, 1.807) is 6.07 Å². The van der Waals surface area contributed by atoms with Gasteiger partial charge in [0.1, 0.15) is 11.8 Å². The fraction of sp³-hybridized carbons (Fsp3) is 0.478. The van der Waals surface area contributed by atoms with E-state index in [4.69, 9.17) is 10.5 Å². The van der Waals surface area contributed by atoms with Crippen molar-refractivity contribution >= 4 is 6.09 Å². The van der Waals surface area contributed by atoms with Crippen LogP contribution in [0.5, 0.6) is 0 Å². The normalized spacial score (nSPS) is 17.9. The first-order chi connectivity index (χ1) is 14.0. The zero-order valence-electron chi connectivity index (χ0n) is 17.4. The molecule has 0 bridgehead atoms. The molecule has 1 heterocycles. The Morgan fingerprint density at radius 3 is 2.63 bits per heavy atom. The highest BCUT2D eigenvalue weighted by Crippen LogP contribution is 2.43. The first-order valence-electron chi connectivity index (χ1n) is 10.1. The Bertz CT molecular complexity index is 919. The molecule has 162 valence electrons. The second kappa shape index (κ2) is 8.28. The highest BCUT2D eigenvalue weighted by molar-refractivity contribution is 5.70. The molecule has 1 aliphatic carbocycles. The second-order valence-corrected chi connectivity index (χ2v) is 9.04. The third-order valence-electron chi connectivity index (χ3n) is 5.44. The zero-order valence-corrected chi connectivity index (χ0v) is 17.4. The molecule has 4 nitrogen and oxygen atoms in total. The van der Waals surface area contributed by atoms with Gasteiger partial charge in [-0.25, -0.2) is 4.79 Å². The SMILES string of the molecule is CC(C)(C)CC(OC(N)=O)C1CCCc2c(-c3ccnc(C(F)(F)F)c3)cccc21. The third kappa shape index (κ3) is 5.12. The van der Waals surface area contributed by atoms with Crippen LogP contribution in [0.2, 0.25) is 0 Å². The number of halogens is 3. The highest BCUT2D eigenvalue weighted by Gasteiger charge is 2.35. The van der Waals surface area contributed by atoms with E-state index in [1.165, 1.54) is 6.20 Å². The average Bonchev–Trinajstić information content (AvgIpc) is 2.64. The minimum Gasteiger partial charge on any atom is -0.446 e. The van der Waals surface area contributed by atoms with Crippen molar-refractivity contribution in [1.29, 1.82) is 0 Å². The summed E-state index contributed by atoms with van der Waals surface area (Å²) >= 11 is 0. The van der Waals surface area contributed by atoms with Crippen molar-refractivity contribution in [1.82, 2.24) is 4.98 Å². The van der Waals surface area contributed by atoms with Gasteiger partial charge in [0.05, 0.1) is 0 Å². The van der Waals surface area contributed by atoms with Crippen molar-refractivity contribution in [2.75, 3.05) is 0 Å². The van der Waals surface area contributed by atoms with E-state index >= 15 is 0 Å². The van der Waals surface area contributed by atoms with Crippen LogP contribution >= 0.6 is 0 Å². The molecule has 3 rings (SSSR count). The lowest BCUT2D eigenvalue weighted by Gasteiger charge is -2.35. The smallest absolute Gasteiger partial charge is 0.433 e. The fourth-order valence-electron chi connectivity index (χ4n) is 4.31. The van der Waals surface area contributed by atoms with Gasteiger partial charge in [-0.2, -0.15) is 13.2 Å². The van der Waals surface area contributed by atoms with Crippen molar-refractivity contribution in [3.8, 4) is 11.1 Å². The summed E-state index contributed by atoms with van der Waals surface area (Å²) in [5.74, 6) is -0.0515. The number of hydrogen-bond donors (Lipinski definition) is 1. The van der Waals surface area contributed by atoms with E-state index in [0.717, 1.165) is 42.0 Å². The molecule has 2 N–H and O–H groups in total. The van der Waals surface area contributed by atoms with Gasteiger partial charge in [0.15, 0.2) is 0 Å². The molecule has 30 heavy (non-hydrogen) atoms. The van der Waals surface area contributed by atoms with Crippen molar-refractivity contribution in [2.24, 2.45) is 11.1 Å². The Balaban J connectivity index is 2.04. The number of fused-ring (bicyclic) bond motifs is 1. The fourth-order valence-corrected chi connectivity index (χ4v) is 4.31. The van der Waals surface area contributed by atoms with Crippen LogP contribution in [0.25, 0.3) is 11.1 Å². The number of pyridine rings is 1. The summed E-state index contributed by atoms with van der Waals surface area (Å²) in [5, 5.41) is 0. The minimum atomic E-state index is -4.50. The predicted molar refractivity (Wildman–Crippen MR) is 109 cm³/mol. The topological polar surface area (TPSA) is 65.2 Å². The van der Waals surface area contributed by atoms with E-state index in [1.807, 2.05) is 18.2 Å². The third-order valence-corrected chi connectivity index (χ3v) is 5.44. The van der Waals surface area contributed by atoms with Gasteiger partial charge < -0.3 is 10.5 Å². The summed E-state index contributed by atoms with van der Waals surface area (Å²) in [6.07, 6.45) is -1.43. The van der Waals surface area contributed by atoms with Gasteiger partial charge in [0.2, 0.25) is 0 Å². The zero-order chi connectivity index (χ0) is 22.1. The van der Waals surface area contributed by atoms with Gasteiger partial charge in [0, 0.05) is 12.1 Å². The lowest BCUT2D eigenvalue weighted by Crippen LogP contribution is -2.33. The lowest BCUT2D eigenvalue weighted by molar-refractivity contribution is -0.141. The standard InChI is InChI=1S/C23H27F3N2O2/c1-22(2,3)13-19(30-21(27)29)18-9-5-7-16-15(6-4-8-17(16)18)14-10-11-28-20(12-14)23(24,25)26/h4,6,8,10-12,18-19H,5,7,9,13H2,1-3H3,(H2,27,29). The summed E-state index contributed by atoms with van der Waals surface area (Å²) in [4.78, 5) is 15.0. The van der Waals surface area contributed by atoms with E-state index < -0.39 is 18.0 Å². The maximum atomic E-state index is 13.1. The molecule has 1 aromatic carbocycles. The van der Waals surface area contributed by atoms with Crippen molar-refractivity contribution < 1.29 is 22.7 Å². The number of carbonyl (C=O) groups excluding carboxylic acids is 1. The summed E-state index contributed by atoms with van der Waals surface area (Å²) in [6, 6.07) is 8.35. The molecule has 0 spiro atoms. The molecule has 1 aromatic heterocycles. The van der Waals surface area contributed by atoms with Crippen LogP contribution in [0.3, 0.4) is 0 Å². The molecule has 2 unspecified atom stereocenters. The van der Waals surface area contributed by atoms with Crippen LogP contribution in [0.15, 0.2) is 36.5 Å². The Morgan fingerprint density at radius 1 is 1.27 bits per heavy atom. The van der Waals surface area contributed by atoms with E-state index in [-0.39, 0.29) is 17.4 Å². The van der Waals surface area contributed by atoms with Crippen molar-refractivity contribution in [3.05, 3.63) is 53.3 Å². The van der Waals surface area contributed by atoms with Crippen LogP contribution in [0.4, 0.5) is 18.0 Å². The van der Waals surface area contributed by atoms with Crippen LogP contribution in [0.1, 0.15) is 62.8 Å². The number of aromatic nitrogens is 1. The van der Waals surface area contributed by atoms with Crippen molar-refractivity contribution in [3.63, 3.8) is 0 Å². The second-order valence-electron chi connectivity index (χ2n) is 9.04.